The second-order valence-corrected chi connectivity index (χ2v) is 9.46. The van der Waals surface area contributed by atoms with Gasteiger partial charge in [-0.05, 0) is 61.7 Å². The number of carbonyl (C=O) groups is 2. The minimum atomic E-state index is -0.694. The van der Waals surface area contributed by atoms with Crippen LogP contribution in [-0.4, -0.2) is 26.3 Å². The van der Waals surface area contributed by atoms with Gasteiger partial charge >= 0.3 is 5.97 Å². The van der Waals surface area contributed by atoms with Crippen LogP contribution in [0.1, 0.15) is 58.9 Å². The Labute approximate surface area is 212 Å². The third kappa shape index (κ3) is 4.77. The second-order valence-electron chi connectivity index (χ2n) is 9.03. The van der Waals surface area contributed by atoms with Gasteiger partial charge in [0.2, 0.25) is 0 Å². The highest BCUT2D eigenvalue weighted by molar-refractivity contribution is 6.30. The number of nitrogens with zero attached hydrogens (tertiary/aromatic N) is 3. The van der Waals surface area contributed by atoms with Crippen molar-refractivity contribution in [3.05, 3.63) is 98.6 Å². The zero-order valence-electron chi connectivity index (χ0n) is 19.9. The molecular weight excluding hydrogens is 480 g/mol. The summed E-state index contributed by atoms with van der Waals surface area (Å²) >= 11 is 5.90. The summed E-state index contributed by atoms with van der Waals surface area (Å²) in [6.45, 7) is 1.81. The minimum absolute atomic E-state index is 0.103. The first-order chi connectivity index (χ1) is 17.3. The Hall–Kier alpha value is -3.91. The number of nitrogens with one attached hydrogen (secondary N) is 1. The van der Waals surface area contributed by atoms with E-state index >= 15 is 0 Å². The molecule has 8 nitrogen and oxygen atoms in total. The quantitative estimate of drug-likeness (QED) is 0.374. The summed E-state index contributed by atoms with van der Waals surface area (Å²) in [5.74, 6) is -1.09. The van der Waals surface area contributed by atoms with E-state index < -0.39 is 23.4 Å². The van der Waals surface area contributed by atoms with Crippen LogP contribution in [0.4, 0.5) is 0 Å². The Morgan fingerprint density at radius 1 is 1.14 bits per heavy atom. The first-order valence-electron chi connectivity index (χ1n) is 11.7. The molecule has 1 aliphatic rings. The molecule has 0 bridgehead atoms. The first kappa shape index (κ1) is 23.8. The summed E-state index contributed by atoms with van der Waals surface area (Å²) in [6.07, 6.45) is 2.29. The topological polar surface area (TPSA) is 95.2 Å². The Morgan fingerprint density at radius 3 is 2.58 bits per heavy atom. The van der Waals surface area contributed by atoms with Gasteiger partial charge in [0.25, 0.3) is 11.5 Å². The van der Waals surface area contributed by atoms with Crippen molar-refractivity contribution < 1.29 is 14.3 Å². The van der Waals surface area contributed by atoms with Gasteiger partial charge in [0, 0.05) is 35.0 Å². The van der Waals surface area contributed by atoms with Crippen LogP contribution >= 0.6 is 11.6 Å². The predicted molar refractivity (Wildman–Crippen MR) is 137 cm³/mol. The molecule has 1 saturated carbocycles. The van der Waals surface area contributed by atoms with Crippen LogP contribution in [0.25, 0.3) is 10.9 Å². The SMILES string of the molecule is CC(C(=O)OCc1cc(C2CC2)nn1C)c1cc(=O)n(NC(=O)c2ccc(Cl)cc2)c2ccccc12. The zero-order chi connectivity index (χ0) is 25.4. The molecule has 1 aliphatic carbocycles. The fourth-order valence-corrected chi connectivity index (χ4v) is 4.31. The van der Waals surface area contributed by atoms with Crippen molar-refractivity contribution in [3.8, 4) is 0 Å². The van der Waals surface area contributed by atoms with Crippen molar-refractivity contribution in [1.29, 1.82) is 0 Å². The lowest BCUT2D eigenvalue weighted by atomic mass is 9.97. The molecule has 1 atom stereocenters. The molecule has 2 aromatic heterocycles. The van der Waals surface area contributed by atoms with E-state index in [9.17, 15) is 14.4 Å². The van der Waals surface area contributed by atoms with Gasteiger partial charge in [-0.25, -0.2) is 4.68 Å². The van der Waals surface area contributed by atoms with Crippen LogP contribution in [0.5, 0.6) is 0 Å². The lowest BCUT2D eigenvalue weighted by Gasteiger charge is -2.17. The summed E-state index contributed by atoms with van der Waals surface area (Å²) in [5.41, 5.74) is 5.40. The average molecular weight is 505 g/mol. The van der Waals surface area contributed by atoms with Crippen molar-refractivity contribution >= 4 is 34.4 Å². The maximum absolute atomic E-state index is 13.1. The monoisotopic (exact) mass is 504 g/mol. The highest BCUT2D eigenvalue weighted by Gasteiger charge is 2.27. The molecule has 1 amide bonds. The molecule has 4 aromatic rings. The number of aryl methyl sites for hydroxylation is 1. The molecule has 1 N–H and O–H groups in total. The molecule has 2 heterocycles. The largest absolute Gasteiger partial charge is 0.459 e. The van der Waals surface area contributed by atoms with Gasteiger partial charge in [0.05, 0.1) is 22.8 Å². The number of halogens is 1. The Balaban J connectivity index is 1.38. The molecule has 1 unspecified atom stereocenters. The molecule has 0 saturated heterocycles. The van der Waals surface area contributed by atoms with Gasteiger partial charge in [0.15, 0.2) is 0 Å². The molecule has 2 aromatic carbocycles. The number of para-hydroxylation sites is 1. The predicted octanol–water partition coefficient (Wildman–Crippen LogP) is 4.50. The number of benzene rings is 2. The summed E-state index contributed by atoms with van der Waals surface area (Å²) in [7, 11) is 1.84. The van der Waals surface area contributed by atoms with Crippen LogP contribution < -0.4 is 11.0 Å². The Kier molecular flexibility index (Phi) is 6.36. The molecule has 0 spiro atoms. The van der Waals surface area contributed by atoms with E-state index in [0.717, 1.165) is 24.2 Å². The van der Waals surface area contributed by atoms with Gasteiger partial charge in [-0.1, -0.05) is 29.8 Å². The molecule has 36 heavy (non-hydrogen) atoms. The molecule has 0 aliphatic heterocycles. The smallest absolute Gasteiger partial charge is 0.313 e. The molecule has 0 radical (unpaired) electrons. The average Bonchev–Trinajstić information content (AvgIpc) is 3.66. The molecule has 184 valence electrons. The third-order valence-corrected chi connectivity index (χ3v) is 6.70. The van der Waals surface area contributed by atoms with E-state index in [1.165, 1.54) is 10.7 Å². The molecule has 5 rings (SSSR count). The van der Waals surface area contributed by atoms with Crippen molar-refractivity contribution in [2.24, 2.45) is 7.05 Å². The zero-order valence-corrected chi connectivity index (χ0v) is 20.7. The van der Waals surface area contributed by atoms with E-state index in [1.54, 1.807) is 48.0 Å². The maximum Gasteiger partial charge on any atom is 0.313 e. The second kappa shape index (κ2) is 9.62. The van der Waals surface area contributed by atoms with E-state index in [4.69, 9.17) is 16.3 Å². The van der Waals surface area contributed by atoms with Crippen LogP contribution in [0.3, 0.4) is 0 Å². The Bertz CT molecular complexity index is 1520. The molecule has 9 heteroatoms. The minimum Gasteiger partial charge on any atom is -0.459 e. The van der Waals surface area contributed by atoms with Gasteiger partial charge in [-0.15, -0.1) is 0 Å². The number of carbonyl (C=O) groups excluding carboxylic acids is 2. The number of hydrogen-bond acceptors (Lipinski definition) is 5. The van der Waals surface area contributed by atoms with Crippen molar-refractivity contribution in [2.45, 2.75) is 38.2 Å². The highest BCUT2D eigenvalue weighted by Crippen LogP contribution is 2.39. The van der Waals surface area contributed by atoms with Gasteiger partial charge in [0.1, 0.15) is 6.61 Å². The van der Waals surface area contributed by atoms with Crippen molar-refractivity contribution in [2.75, 3.05) is 5.43 Å². The Morgan fingerprint density at radius 2 is 1.86 bits per heavy atom. The molecule has 1 fully saturated rings. The number of pyridine rings is 1. The number of hydrogen-bond donors (Lipinski definition) is 1. The van der Waals surface area contributed by atoms with Crippen LogP contribution in [0.15, 0.2) is 65.5 Å². The fourth-order valence-electron chi connectivity index (χ4n) is 4.19. The number of rotatable bonds is 7. The lowest BCUT2D eigenvalue weighted by Crippen LogP contribution is -2.34. The third-order valence-electron chi connectivity index (χ3n) is 6.45. The number of fused-ring (bicyclic) bond motifs is 1. The van der Waals surface area contributed by atoms with Gasteiger partial charge in [-0.3, -0.25) is 24.5 Å². The summed E-state index contributed by atoms with van der Waals surface area (Å²) in [4.78, 5) is 38.8. The van der Waals surface area contributed by atoms with Crippen molar-refractivity contribution in [3.63, 3.8) is 0 Å². The van der Waals surface area contributed by atoms with E-state index in [2.05, 4.69) is 10.5 Å². The van der Waals surface area contributed by atoms with Gasteiger partial charge in [-0.2, -0.15) is 5.10 Å². The van der Waals surface area contributed by atoms with E-state index in [1.807, 2.05) is 25.2 Å². The van der Waals surface area contributed by atoms with Crippen molar-refractivity contribution in [1.82, 2.24) is 14.5 Å². The number of esters is 1. The van der Waals surface area contributed by atoms with E-state index in [-0.39, 0.29) is 6.61 Å². The number of aromatic nitrogens is 3. The van der Waals surface area contributed by atoms with Crippen LogP contribution in [0, 0.1) is 0 Å². The van der Waals surface area contributed by atoms with E-state index in [0.29, 0.717) is 33.0 Å². The highest BCUT2D eigenvalue weighted by atomic mass is 35.5. The van der Waals surface area contributed by atoms with Crippen LogP contribution in [-0.2, 0) is 23.2 Å². The number of amides is 1. The normalized spacial score (nSPS) is 14.0. The lowest BCUT2D eigenvalue weighted by molar-refractivity contribution is -0.146. The first-order valence-corrected chi connectivity index (χ1v) is 12.1. The van der Waals surface area contributed by atoms with Gasteiger partial charge < -0.3 is 4.74 Å². The van der Waals surface area contributed by atoms with Crippen LogP contribution in [0.2, 0.25) is 5.02 Å². The maximum atomic E-state index is 13.1. The number of ether oxygens (including phenoxy) is 1. The standard InChI is InChI=1S/C27H25ClN4O4/c1-16(27(35)36-15-20-13-23(17-7-8-17)29-31(20)2)22-14-25(33)32(24-6-4-3-5-21(22)24)30-26(34)18-9-11-19(28)12-10-18/h3-6,9-14,16-17H,7-8,15H2,1-2H3,(H,30,34). The summed E-state index contributed by atoms with van der Waals surface area (Å²) in [6, 6.07) is 16.8. The molecular formula is C27H25ClN4O4. The summed E-state index contributed by atoms with van der Waals surface area (Å²) in [5, 5.41) is 5.67. The summed E-state index contributed by atoms with van der Waals surface area (Å²) < 4.78 is 8.53. The fraction of sp³-hybridized carbons (Fsp3) is 0.259.